The number of ether oxygens (including phenoxy) is 3. The van der Waals surface area contributed by atoms with Gasteiger partial charge in [-0.1, -0.05) is 35.9 Å². The Balaban J connectivity index is 1.58. The second kappa shape index (κ2) is 10.9. The molecule has 0 atom stereocenters. The van der Waals surface area contributed by atoms with Crippen LogP contribution in [0, 0.1) is 0 Å². The van der Waals surface area contributed by atoms with Crippen molar-refractivity contribution < 1.29 is 37.0 Å². The van der Waals surface area contributed by atoms with Crippen LogP contribution in [0.25, 0.3) is 10.8 Å². The van der Waals surface area contributed by atoms with Gasteiger partial charge in [-0.15, -0.1) is 0 Å². The van der Waals surface area contributed by atoms with Crippen molar-refractivity contribution in [3.8, 4) is 23.1 Å². The maximum atomic E-state index is 13.9. The molecule has 1 aromatic heterocycles. The molecule has 3 aromatic carbocycles. The van der Waals surface area contributed by atoms with Gasteiger partial charge in [0.2, 0.25) is 5.88 Å². The first-order valence-corrected chi connectivity index (χ1v) is 11.3. The number of alkyl halides is 3. The summed E-state index contributed by atoms with van der Waals surface area (Å²) in [4.78, 5) is 29.0. The second-order valence-electron chi connectivity index (χ2n) is 7.71. The van der Waals surface area contributed by atoms with E-state index in [-0.39, 0.29) is 28.6 Å². The van der Waals surface area contributed by atoms with Crippen LogP contribution in [0.5, 0.6) is 23.1 Å². The van der Waals surface area contributed by atoms with Gasteiger partial charge < -0.3 is 19.5 Å². The van der Waals surface area contributed by atoms with E-state index in [9.17, 15) is 22.8 Å². The number of imide groups is 1. The topological polar surface area (TPSA) is 98.8 Å². The number of carbonyl (C=O) groups is 2. The van der Waals surface area contributed by atoms with Crippen LogP contribution in [0.1, 0.15) is 15.9 Å². The number of benzene rings is 3. The lowest BCUT2D eigenvalue weighted by atomic mass is 10.1. The third kappa shape index (κ3) is 5.57. The Morgan fingerprint density at radius 1 is 0.895 bits per heavy atom. The van der Waals surface area contributed by atoms with Crippen molar-refractivity contribution >= 4 is 40.0 Å². The summed E-state index contributed by atoms with van der Waals surface area (Å²) < 4.78 is 57.5. The molecule has 3 amide bonds. The highest BCUT2D eigenvalue weighted by Crippen LogP contribution is 2.41. The molecule has 196 valence electrons. The minimum absolute atomic E-state index is 0.0812. The number of aromatic nitrogens is 1. The van der Waals surface area contributed by atoms with Crippen molar-refractivity contribution in [3.05, 3.63) is 83.0 Å². The van der Waals surface area contributed by atoms with E-state index in [2.05, 4.69) is 10.3 Å². The molecule has 0 aliphatic rings. The van der Waals surface area contributed by atoms with Gasteiger partial charge in [-0.05, 0) is 36.4 Å². The number of methoxy groups -OCH3 is 2. The second-order valence-corrected chi connectivity index (χ2v) is 8.11. The average molecular weight is 546 g/mol. The highest BCUT2D eigenvalue weighted by Gasteiger charge is 2.35. The molecule has 0 bridgehead atoms. The maximum absolute atomic E-state index is 13.9. The molecule has 0 spiro atoms. The van der Waals surface area contributed by atoms with Crippen molar-refractivity contribution in [1.82, 2.24) is 10.3 Å². The van der Waals surface area contributed by atoms with Gasteiger partial charge in [-0.2, -0.15) is 13.2 Å². The summed E-state index contributed by atoms with van der Waals surface area (Å²) in [5.41, 5.74) is -1.54. The highest BCUT2D eigenvalue weighted by atomic mass is 35.5. The first-order chi connectivity index (χ1) is 18.1. The molecule has 0 radical (unpaired) electrons. The number of fused-ring (bicyclic) bond motifs is 1. The van der Waals surface area contributed by atoms with Crippen LogP contribution in [0.2, 0.25) is 5.02 Å². The Bertz CT molecular complexity index is 1510. The minimum Gasteiger partial charge on any atom is -0.496 e. The van der Waals surface area contributed by atoms with E-state index in [0.717, 1.165) is 6.07 Å². The molecule has 0 saturated carbocycles. The molecule has 0 saturated heterocycles. The first-order valence-electron chi connectivity index (χ1n) is 10.9. The molecule has 0 aliphatic heterocycles. The third-order valence-corrected chi connectivity index (χ3v) is 5.67. The monoisotopic (exact) mass is 545 g/mol. The molecule has 0 aliphatic carbocycles. The number of amides is 3. The normalized spacial score (nSPS) is 11.1. The van der Waals surface area contributed by atoms with E-state index in [0.29, 0.717) is 21.9 Å². The number of hydrogen-bond donors (Lipinski definition) is 2. The summed E-state index contributed by atoms with van der Waals surface area (Å²) >= 11 is 6.19. The van der Waals surface area contributed by atoms with E-state index >= 15 is 0 Å². The molecule has 12 heteroatoms. The van der Waals surface area contributed by atoms with Crippen LogP contribution in [0.4, 0.5) is 23.7 Å². The Labute approximate surface area is 219 Å². The van der Waals surface area contributed by atoms with Crippen LogP contribution < -0.4 is 24.8 Å². The van der Waals surface area contributed by atoms with Crippen LogP contribution in [0.15, 0.2) is 66.9 Å². The largest absolute Gasteiger partial charge is 0.496 e. The fourth-order valence-electron chi connectivity index (χ4n) is 3.65. The van der Waals surface area contributed by atoms with Crippen LogP contribution in [-0.2, 0) is 6.18 Å². The quantitative estimate of drug-likeness (QED) is 0.280. The van der Waals surface area contributed by atoms with Crippen molar-refractivity contribution in [2.24, 2.45) is 0 Å². The molecule has 38 heavy (non-hydrogen) atoms. The van der Waals surface area contributed by atoms with Gasteiger partial charge >= 0.3 is 12.2 Å². The standard InChI is InChI=1S/C26H19ClF3N3O5/c1-36-21-11-12-31-24(37-2)22(21)23(34)33-25(35)32-14-7-9-20(17(13-14)26(28,29)30)38-19-10-8-18(27)15-5-3-4-6-16(15)19/h3-13H,1-2H3,(H2,32,33,34,35). The summed E-state index contributed by atoms with van der Waals surface area (Å²) in [7, 11) is 2.58. The number of nitrogens with one attached hydrogen (secondary N) is 2. The molecule has 8 nitrogen and oxygen atoms in total. The Morgan fingerprint density at radius 2 is 1.61 bits per heavy atom. The number of pyridine rings is 1. The molecule has 2 N–H and O–H groups in total. The SMILES string of the molecule is COc1ccnc(OC)c1C(=O)NC(=O)Nc1ccc(Oc2ccc(Cl)c3ccccc23)c(C(F)(F)F)c1. The van der Waals surface area contributed by atoms with Crippen molar-refractivity contribution in [2.75, 3.05) is 19.5 Å². The summed E-state index contributed by atoms with van der Waals surface area (Å²) in [6, 6.07) is 13.1. The summed E-state index contributed by atoms with van der Waals surface area (Å²) in [5.74, 6) is -1.28. The summed E-state index contributed by atoms with van der Waals surface area (Å²) in [5, 5.41) is 5.79. The number of carbonyl (C=O) groups excluding carboxylic acids is 2. The van der Waals surface area contributed by atoms with Gasteiger partial charge in [0.1, 0.15) is 28.4 Å². The number of urea groups is 1. The zero-order valence-corrected chi connectivity index (χ0v) is 20.6. The van der Waals surface area contributed by atoms with E-state index in [4.69, 9.17) is 25.8 Å². The highest BCUT2D eigenvalue weighted by molar-refractivity contribution is 6.35. The van der Waals surface area contributed by atoms with Crippen LogP contribution >= 0.6 is 11.6 Å². The van der Waals surface area contributed by atoms with Crippen LogP contribution in [-0.4, -0.2) is 31.1 Å². The summed E-state index contributed by atoms with van der Waals surface area (Å²) in [6.07, 6.45) is -3.48. The van der Waals surface area contributed by atoms with Gasteiger partial charge in [-0.25, -0.2) is 9.78 Å². The average Bonchev–Trinajstić information content (AvgIpc) is 2.89. The molecule has 1 heterocycles. The fourth-order valence-corrected chi connectivity index (χ4v) is 3.88. The third-order valence-electron chi connectivity index (χ3n) is 5.34. The van der Waals surface area contributed by atoms with E-state index in [1.165, 1.54) is 44.7 Å². The van der Waals surface area contributed by atoms with Crippen molar-refractivity contribution in [1.29, 1.82) is 0 Å². The first kappa shape index (κ1) is 26.6. The summed E-state index contributed by atoms with van der Waals surface area (Å²) in [6.45, 7) is 0. The maximum Gasteiger partial charge on any atom is 0.420 e. The molecule has 4 aromatic rings. The van der Waals surface area contributed by atoms with Crippen molar-refractivity contribution in [2.45, 2.75) is 6.18 Å². The number of hydrogen-bond acceptors (Lipinski definition) is 6. The van der Waals surface area contributed by atoms with E-state index in [1.54, 1.807) is 24.3 Å². The molecule has 0 fully saturated rings. The molecular formula is C26H19ClF3N3O5. The predicted octanol–water partition coefficient (Wildman–Crippen LogP) is 6.68. The minimum atomic E-state index is -4.82. The van der Waals surface area contributed by atoms with Crippen LogP contribution in [0.3, 0.4) is 0 Å². The van der Waals surface area contributed by atoms with Gasteiger partial charge in [0.15, 0.2) is 0 Å². The number of nitrogens with zero attached hydrogens (tertiary/aromatic N) is 1. The lowest BCUT2D eigenvalue weighted by Crippen LogP contribution is -2.35. The van der Waals surface area contributed by atoms with E-state index < -0.39 is 29.4 Å². The lowest BCUT2D eigenvalue weighted by Gasteiger charge is -2.17. The lowest BCUT2D eigenvalue weighted by molar-refractivity contribution is -0.138. The number of halogens is 4. The van der Waals surface area contributed by atoms with Crippen molar-refractivity contribution in [3.63, 3.8) is 0 Å². The van der Waals surface area contributed by atoms with Gasteiger partial charge in [0.25, 0.3) is 5.91 Å². The fraction of sp³-hybridized carbons (Fsp3) is 0.115. The zero-order valence-electron chi connectivity index (χ0n) is 19.9. The smallest absolute Gasteiger partial charge is 0.420 e. The Morgan fingerprint density at radius 3 is 2.29 bits per heavy atom. The van der Waals surface area contributed by atoms with Gasteiger partial charge in [0, 0.05) is 27.7 Å². The predicted molar refractivity (Wildman–Crippen MR) is 134 cm³/mol. The molecule has 4 rings (SSSR count). The zero-order chi connectivity index (χ0) is 27.4. The van der Waals surface area contributed by atoms with Gasteiger partial charge in [-0.3, -0.25) is 10.1 Å². The number of anilines is 1. The Hall–Kier alpha value is -4.51. The van der Waals surface area contributed by atoms with Gasteiger partial charge in [0.05, 0.1) is 14.2 Å². The molecule has 0 unspecified atom stereocenters. The molecular weight excluding hydrogens is 527 g/mol. The van der Waals surface area contributed by atoms with E-state index in [1.807, 2.05) is 5.32 Å². The Kier molecular flexibility index (Phi) is 7.58. The number of rotatable bonds is 6.